The van der Waals surface area contributed by atoms with Crippen LogP contribution in [-0.4, -0.2) is 22.4 Å². The summed E-state index contributed by atoms with van der Waals surface area (Å²) in [6.45, 7) is 3.62. The SMILES string of the molecule is CCOc1ccc(CN(Cc2cccc(C(F)(F)F)c2)Cc2nc(C(=O)NCc3ccccc3)co2)cc1. The summed E-state index contributed by atoms with van der Waals surface area (Å²) in [5.41, 5.74) is 1.82. The van der Waals surface area contributed by atoms with Gasteiger partial charge in [-0.3, -0.25) is 9.69 Å². The van der Waals surface area contributed by atoms with Crippen LogP contribution in [0.5, 0.6) is 5.75 Å². The van der Waals surface area contributed by atoms with E-state index >= 15 is 0 Å². The molecule has 0 radical (unpaired) electrons. The first-order chi connectivity index (χ1) is 18.3. The number of hydrogen-bond donors (Lipinski definition) is 1. The molecule has 0 atom stereocenters. The molecule has 1 N–H and O–H groups in total. The Balaban J connectivity index is 1.48. The van der Waals surface area contributed by atoms with Crippen molar-refractivity contribution in [2.24, 2.45) is 0 Å². The van der Waals surface area contributed by atoms with Crippen LogP contribution < -0.4 is 10.1 Å². The minimum Gasteiger partial charge on any atom is -0.494 e. The fraction of sp³-hybridized carbons (Fsp3) is 0.241. The maximum atomic E-state index is 13.3. The number of oxazole rings is 1. The lowest BCUT2D eigenvalue weighted by Crippen LogP contribution is -2.24. The zero-order chi connectivity index (χ0) is 27.0. The van der Waals surface area contributed by atoms with Crippen molar-refractivity contribution in [3.8, 4) is 5.75 Å². The van der Waals surface area contributed by atoms with E-state index in [1.807, 2.05) is 66.4 Å². The molecule has 3 aromatic carbocycles. The molecule has 0 aliphatic carbocycles. The average Bonchev–Trinajstić information content (AvgIpc) is 3.37. The summed E-state index contributed by atoms with van der Waals surface area (Å²) in [5, 5.41) is 2.80. The molecule has 1 aromatic heterocycles. The number of nitrogens with zero attached hydrogens (tertiary/aromatic N) is 2. The molecule has 198 valence electrons. The monoisotopic (exact) mass is 523 g/mol. The second-order valence-corrected chi connectivity index (χ2v) is 8.72. The highest BCUT2D eigenvalue weighted by molar-refractivity contribution is 5.91. The van der Waals surface area contributed by atoms with Gasteiger partial charge in [-0.1, -0.05) is 60.7 Å². The van der Waals surface area contributed by atoms with E-state index in [1.165, 1.54) is 12.3 Å². The molecule has 1 amide bonds. The van der Waals surface area contributed by atoms with Crippen molar-refractivity contribution < 1.29 is 27.1 Å². The summed E-state index contributed by atoms with van der Waals surface area (Å²) >= 11 is 0. The van der Waals surface area contributed by atoms with Gasteiger partial charge in [0.2, 0.25) is 5.89 Å². The Hall–Kier alpha value is -4.11. The Labute approximate surface area is 219 Å². The number of carbonyl (C=O) groups is 1. The van der Waals surface area contributed by atoms with Crippen molar-refractivity contribution in [1.82, 2.24) is 15.2 Å². The van der Waals surface area contributed by atoms with Crippen LogP contribution in [0.25, 0.3) is 0 Å². The molecule has 0 bridgehead atoms. The van der Waals surface area contributed by atoms with E-state index in [0.29, 0.717) is 25.3 Å². The van der Waals surface area contributed by atoms with Gasteiger partial charge in [0.05, 0.1) is 18.7 Å². The fourth-order valence-electron chi connectivity index (χ4n) is 3.94. The van der Waals surface area contributed by atoms with Gasteiger partial charge in [0, 0.05) is 19.6 Å². The van der Waals surface area contributed by atoms with E-state index in [2.05, 4.69) is 10.3 Å². The Kier molecular flexibility index (Phi) is 8.81. The fourth-order valence-corrected chi connectivity index (χ4v) is 3.94. The summed E-state index contributed by atoms with van der Waals surface area (Å²) in [5.74, 6) is 0.645. The van der Waals surface area contributed by atoms with E-state index in [-0.39, 0.29) is 30.6 Å². The maximum Gasteiger partial charge on any atom is 0.416 e. The Morgan fingerprint density at radius 3 is 2.34 bits per heavy atom. The number of alkyl halides is 3. The van der Waals surface area contributed by atoms with E-state index in [9.17, 15) is 18.0 Å². The van der Waals surface area contributed by atoms with E-state index < -0.39 is 11.7 Å². The van der Waals surface area contributed by atoms with Gasteiger partial charge in [0.1, 0.15) is 12.0 Å². The van der Waals surface area contributed by atoms with Crippen molar-refractivity contribution >= 4 is 5.91 Å². The summed E-state index contributed by atoms with van der Waals surface area (Å²) < 4.78 is 50.8. The highest BCUT2D eigenvalue weighted by atomic mass is 19.4. The molecule has 0 aliphatic heterocycles. The lowest BCUT2D eigenvalue weighted by Gasteiger charge is -2.22. The molecule has 4 aromatic rings. The number of ether oxygens (including phenoxy) is 1. The third-order valence-electron chi connectivity index (χ3n) is 5.74. The van der Waals surface area contributed by atoms with Crippen LogP contribution in [0.2, 0.25) is 0 Å². The largest absolute Gasteiger partial charge is 0.494 e. The molecular formula is C29H28F3N3O3. The number of benzene rings is 3. The number of nitrogens with one attached hydrogen (secondary N) is 1. The summed E-state index contributed by atoms with van der Waals surface area (Å²) in [6.07, 6.45) is -3.14. The van der Waals surface area contributed by atoms with Gasteiger partial charge in [-0.05, 0) is 41.8 Å². The number of hydrogen-bond acceptors (Lipinski definition) is 5. The predicted octanol–water partition coefficient (Wildman–Crippen LogP) is 6.22. The van der Waals surface area contributed by atoms with E-state index in [1.54, 1.807) is 6.07 Å². The summed E-state index contributed by atoms with van der Waals surface area (Å²) in [4.78, 5) is 18.8. The van der Waals surface area contributed by atoms with Crippen molar-refractivity contribution in [3.63, 3.8) is 0 Å². The van der Waals surface area contributed by atoms with Crippen molar-refractivity contribution in [1.29, 1.82) is 0 Å². The minimum atomic E-state index is -4.43. The quantitative estimate of drug-likeness (QED) is 0.253. The molecule has 0 fully saturated rings. The van der Waals surface area contributed by atoms with Crippen molar-refractivity contribution in [2.45, 2.75) is 39.3 Å². The number of rotatable bonds is 11. The second-order valence-electron chi connectivity index (χ2n) is 8.72. The van der Waals surface area contributed by atoms with Crippen LogP contribution in [0.3, 0.4) is 0 Å². The number of halogens is 3. The summed E-state index contributed by atoms with van der Waals surface area (Å²) in [7, 11) is 0. The van der Waals surface area contributed by atoms with Gasteiger partial charge < -0.3 is 14.5 Å². The molecule has 1 heterocycles. The molecule has 4 rings (SSSR count). The van der Waals surface area contributed by atoms with Crippen molar-refractivity contribution in [2.75, 3.05) is 6.61 Å². The number of aromatic nitrogens is 1. The third-order valence-corrected chi connectivity index (χ3v) is 5.74. The molecular weight excluding hydrogens is 495 g/mol. The predicted molar refractivity (Wildman–Crippen MR) is 136 cm³/mol. The van der Waals surface area contributed by atoms with Gasteiger partial charge in [0.15, 0.2) is 5.69 Å². The van der Waals surface area contributed by atoms with Crippen LogP contribution in [0.15, 0.2) is 89.5 Å². The zero-order valence-corrected chi connectivity index (χ0v) is 20.9. The Morgan fingerprint density at radius 1 is 0.921 bits per heavy atom. The molecule has 0 spiro atoms. The zero-order valence-electron chi connectivity index (χ0n) is 20.9. The second kappa shape index (κ2) is 12.4. The average molecular weight is 524 g/mol. The van der Waals surface area contributed by atoms with Gasteiger partial charge in [-0.25, -0.2) is 4.98 Å². The molecule has 38 heavy (non-hydrogen) atoms. The van der Waals surface area contributed by atoms with Gasteiger partial charge >= 0.3 is 6.18 Å². The first kappa shape index (κ1) is 26.9. The van der Waals surface area contributed by atoms with E-state index in [4.69, 9.17) is 9.15 Å². The molecule has 0 saturated heterocycles. The topological polar surface area (TPSA) is 67.6 Å². The van der Waals surface area contributed by atoms with Gasteiger partial charge in [-0.15, -0.1) is 0 Å². The summed E-state index contributed by atoms with van der Waals surface area (Å²) in [6, 6.07) is 22.2. The smallest absolute Gasteiger partial charge is 0.416 e. The van der Waals surface area contributed by atoms with Crippen LogP contribution in [0.1, 0.15) is 45.6 Å². The van der Waals surface area contributed by atoms with Crippen LogP contribution in [0, 0.1) is 0 Å². The number of amides is 1. The van der Waals surface area contributed by atoms with Gasteiger partial charge in [0.25, 0.3) is 5.91 Å². The first-order valence-corrected chi connectivity index (χ1v) is 12.2. The standard InChI is InChI=1S/C29H28F3N3O3/c1-2-37-25-13-11-22(12-14-25)17-35(18-23-9-6-10-24(15-23)29(30,31)32)19-27-34-26(20-38-27)28(36)33-16-21-7-4-3-5-8-21/h3-15,20H,2,16-19H2,1H3,(H,33,36). The highest BCUT2D eigenvalue weighted by Crippen LogP contribution is 2.30. The van der Waals surface area contributed by atoms with Gasteiger partial charge in [-0.2, -0.15) is 13.2 Å². The van der Waals surface area contributed by atoms with Crippen LogP contribution >= 0.6 is 0 Å². The molecule has 0 unspecified atom stereocenters. The lowest BCUT2D eigenvalue weighted by molar-refractivity contribution is -0.137. The normalized spacial score (nSPS) is 11.5. The molecule has 6 nitrogen and oxygen atoms in total. The minimum absolute atomic E-state index is 0.135. The van der Waals surface area contributed by atoms with Crippen molar-refractivity contribution in [3.05, 3.63) is 119 Å². The molecule has 0 saturated carbocycles. The highest BCUT2D eigenvalue weighted by Gasteiger charge is 2.30. The number of carbonyl (C=O) groups excluding carboxylic acids is 1. The Bertz CT molecular complexity index is 1320. The Morgan fingerprint density at radius 2 is 1.63 bits per heavy atom. The van der Waals surface area contributed by atoms with E-state index in [0.717, 1.165) is 29.0 Å². The van der Waals surface area contributed by atoms with Crippen LogP contribution in [-0.2, 0) is 32.4 Å². The first-order valence-electron chi connectivity index (χ1n) is 12.2. The third kappa shape index (κ3) is 7.69. The maximum absolute atomic E-state index is 13.3. The lowest BCUT2D eigenvalue weighted by atomic mass is 10.1. The molecule has 0 aliphatic rings. The van der Waals surface area contributed by atoms with Crippen LogP contribution in [0.4, 0.5) is 13.2 Å². The molecule has 9 heteroatoms.